The number of rotatable bonds is 3. The zero-order chi connectivity index (χ0) is 17.3. The Bertz CT molecular complexity index is 976. The van der Waals surface area contributed by atoms with Crippen LogP contribution in [0.1, 0.15) is 24.2 Å². The van der Waals surface area contributed by atoms with Crippen molar-refractivity contribution >= 4 is 16.7 Å². The maximum Gasteiger partial charge on any atom is 0.340 e. The van der Waals surface area contributed by atoms with Gasteiger partial charge in [0.2, 0.25) is 0 Å². The van der Waals surface area contributed by atoms with Crippen molar-refractivity contribution in [3.63, 3.8) is 0 Å². The highest BCUT2D eigenvalue weighted by atomic mass is 19.1. The van der Waals surface area contributed by atoms with Crippen molar-refractivity contribution in [2.75, 3.05) is 0 Å². The molecule has 122 valence electrons. The van der Waals surface area contributed by atoms with Gasteiger partial charge in [-0.15, -0.1) is 0 Å². The standard InChI is InChI=1S/C19H16FNO3/c1-12(2)24-19(23)17-11-21(14-7-5-6-13(20)10-14)18(22)16-9-4-3-8-15(16)17/h3-12H,1-2H3. The van der Waals surface area contributed by atoms with E-state index in [4.69, 9.17) is 4.74 Å². The number of halogens is 1. The van der Waals surface area contributed by atoms with E-state index in [1.54, 1.807) is 44.2 Å². The third-order valence-corrected chi connectivity index (χ3v) is 3.57. The van der Waals surface area contributed by atoms with Gasteiger partial charge in [-0.05, 0) is 38.1 Å². The van der Waals surface area contributed by atoms with Crippen LogP contribution in [0.5, 0.6) is 0 Å². The predicted molar refractivity (Wildman–Crippen MR) is 90.1 cm³/mol. The molecule has 0 aliphatic carbocycles. The van der Waals surface area contributed by atoms with Crippen molar-refractivity contribution in [2.45, 2.75) is 20.0 Å². The van der Waals surface area contributed by atoms with Crippen LogP contribution >= 0.6 is 0 Å². The van der Waals surface area contributed by atoms with Crippen molar-refractivity contribution in [1.29, 1.82) is 0 Å². The maximum atomic E-state index is 13.5. The molecule has 0 N–H and O–H groups in total. The highest BCUT2D eigenvalue weighted by Crippen LogP contribution is 2.19. The molecule has 0 spiro atoms. The van der Waals surface area contributed by atoms with Crippen LogP contribution in [0.15, 0.2) is 59.5 Å². The molecule has 24 heavy (non-hydrogen) atoms. The lowest BCUT2D eigenvalue weighted by atomic mass is 10.1. The Morgan fingerprint density at radius 2 is 1.79 bits per heavy atom. The zero-order valence-electron chi connectivity index (χ0n) is 13.3. The molecule has 2 aromatic carbocycles. The molecule has 0 saturated heterocycles. The molecule has 0 amide bonds. The van der Waals surface area contributed by atoms with E-state index in [2.05, 4.69) is 0 Å². The monoisotopic (exact) mass is 325 g/mol. The first kappa shape index (κ1) is 15.9. The van der Waals surface area contributed by atoms with Crippen LogP contribution in [0.2, 0.25) is 0 Å². The molecule has 3 aromatic rings. The normalized spacial score (nSPS) is 11.0. The molecule has 3 rings (SSSR count). The molecule has 5 heteroatoms. The van der Waals surface area contributed by atoms with Crippen LogP contribution in [0.25, 0.3) is 16.5 Å². The van der Waals surface area contributed by atoms with Gasteiger partial charge >= 0.3 is 5.97 Å². The van der Waals surface area contributed by atoms with Gasteiger partial charge in [0.1, 0.15) is 5.82 Å². The van der Waals surface area contributed by atoms with Gasteiger partial charge in [-0.25, -0.2) is 9.18 Å². The fraction of sp³-hybridized carbons (Fsp3) is 0.158. The minimum absolute atomic E-state index is 0.267. The summed E-state index contributed by atoms with van der Waals surface area (Å²) in [6, 6.07) is 12.5. The molecule has 0 aliphatic rings. The van der Waals surface area contributed by atoms with Crippen molar-refractivity contribution < 1.29 is 13.9 Å². The summed E-state index contributed by atoms with van der Waals surface area (Å²) in [6.07, 6.45) is 1.12. The van der Waals surface area contributed by atoms with Gasteiger partial charge in [0.05, 0.1) is 17.4 Å². The Morgan fingerprint density at radius 3 is 2.46 bits per heavy atom. The SMILES string of the molecule is CC(C)OC(=O)c1cn(-c2cccc(F)c2)c(=O)c2ccccc12. The minimum atomic E-state index is -0.522. The van der Waals surface area contributed by atoms with E-state index in [-0.39, 0.29) is 17.2 Å². The summed E-state index contributed by atoms with van der Waals surface area (Å²) >= 11 is 0. The largest absolute Gasteiger partial charge is 0.459 e. The molecule has 0 aliphatic heterocycles. The van der Waals surface area contributed by atoms with E-state index in [0.717, 1.165) is 0 Å². The van der Waals surface area contributed by atoms with Crippen LogP contribution in [0.4, 0.5) is 4.39 Å². The zero-order valence-corrected chi connectivity index (χ0v) is 13.3. The van der Waals surface area contributed by atoms with E-state index >= 15 is 0 Å². The third kappa shape index (κ3) is 2.93. The summed E-state index contributed by atoms with van der Waals surface area (Å²) in [5.41, 5.74) is 0.296. The molecule has 0 unspecified atom stereocenters. The van der Waals surface area contributed by atoms with Gasteiger partial charge in [0.15, 0.2) is 0 Å². The van der Waals surface area contributed by atoms with E-state index < -0.39 is 11.8 Å². The second-order valence-electron chi connectivity index (χ2n) is 5.70. The number of carbonyl (C=O) groups is 1. The fourth-order valence-corrected chi connectivity index (χ4v) is 2.55. The number of aromatic nitrogens is 1. The number of pyridine rings is 1. The molecular weight excluding hydrogens is 309 g/mol. The average molecular weight is 325 g/mol. The first-order valence-corrected chi connectivity index (χ1v) is 7.58. The number of nitrogens with zero attached hydrogens (tertiary/aromatic N) is 1. The Hall–Kier alpha value is -2.95. The molecule has 0 bridgehead atoms. The van der Waals surface area contributed by atoms with E-state index in [9.17, 15) is 14.0 Å². The summed E-state index contributed by atoms with van der Waals surface area (Å²) in [5, 5.41) is 0.890. The number of hydrogen-bond donors (Lipinski definition) is 0. The molecular formula is C19H16FNO3. The molecule has 0 atom stereocenters. The van der Waals surface area contributed by atoms with E-state index in [0.29, 0.717) is 16.5 Å². The lowest BCUT2D eigenvalue weighted by Crippen LogP contribution is -2.22. The van der Waals surface area contributed by atoms with Gasteiger partial charge in [0.25, 0.3) is 5.56 Å². The van der Waals surface area contributed by atoms with E-state index in [1.807, 2.05) is 0 Å². The first-order valence-electron chi connectivity index (χ1n) is 7.58. The van der Waals surface area contributed by atoms with Gasteiger partial charge in [-0.3, -0.25) is 9.36 Å². The Labute approximate surface area is 138 Å². The van der Waals surface area contributed by atoms with Gasteiger partial charge in [0, 0.05) is 17.0 Å². The van der Waals surface area contributed by atoms with Crippen molar-refractivity contribution in [1.82, 2.24) is 4.57 Å². The van der Waals surface area contributed by atoms with E-state index in [1.165, 1.54) is 29.0 Å². The lowest BCUT2D eigenvalue weighted by molar-refractivity contribution is 0.0379. The molecule has 0 fully saturated rings. The topological polar surface area (TPSA) is 48.3 Å². The van der Waals surface area contributed by atoms with Crippen molar-refractivity contribution in [3.05, 3.63) is 76.5 Å². The second kappa shape index (κ2) is 6.28. The number of esters is 1. The Balaban J connectivity index is 2.30. The maximum absolute atomic E-state index is 13.5. The van der Waals surface area contributed by atoms with Crippen molar-refractivity contribution in [2.24, 2.45) is 0 Å². The molecule has 4 nitrogen and oxygen atoms in total. The summed E-state index contributed by atoms with van der Waals surface area (Å²) in [7, 11) is 0. The lowest BCUT2D eigenvalue weighted by Gasteiger charge is -2.13. The molecule has 0 saturated carbocycles. The Morgan fingerprint density at radius 1 is 1.08 bits per heavy atom. The summed E-state index contributed by atoms with van der Waals surface area (Å²) in [6.45, 7) is 3.51. The Kier molecular flexibility index (Phi) is 4.16. The summed E-state index contributed by atoms with van der Waals surface area (Å²) < 4.78 is 20.1. The van der Waals surface area contributed by atoms with Crippen LogP contribution in [0, 0.1) is 5.82 Å². The number of carbonyl (C=O) groups excluding carboxylic acids is 1. The van der Waals surface area contributed by atoms with Crippen molar-refractivity contribution in [3.8, 4) is 5.69 Å². The van der Waals surface area contributed by atoms with Crippen LogP contribution in [-0.4, -0.2) is 16.6 Å². The van der Waals surface area contributed by atoms with Gasteiger partial charge < -0.3 is 4.74 Å². The fourth-order valence-electron chi connectivity index (χ4n) is 2.55. The quantitative estimate of drug-likeness (QED) is 0.690. The van der Waals surface area contributed by atoms with Crippen LogP contribution in [0.3, 0.4) is 0 Å². The average Bonchev–Trinajstić information content (AvgIpc) is 2.54. The smallest absolute Gasteiger partial charge is 0.340 e. The van der Waals surface area contributed by atoms with Gasteiger partial charge in [-0.1, -0.05) is 24.3 Å². The van der Waals surface area contributed by atoms with Crippen LogP contribution < -0.4 is 5.56 Å². The van der Waals surface area contributed by atoms with Crippen LogP contribution in [-0.2, 0) is 4.74 Å². The number of benzene rings is 2. The number of hydrogen-bond acceptors (Lipinski definition) is 3. The minimum Gasteiger partial charge on any atom is -0.459 e. The molecule has 1 aromatic heterocycles. The molecule has 1 heterocycles. The number of fused-ring (bicyclic) bond motifs is 1. The highest BCUT2D eigenvalue weighted by Gasteiger charge is 2.17. The first-order chi connectivity index (χ1) is 11.5. The molecule has 0 radical (unpaired) electrons. The summed E-state index contributed by atoms with van der Waals surface area (Å²) in [5.74, 6) is -0.981. The van der Waals surface area contributed by atoms with Gasteiger partial charge in [-0.2, -0.15) is 0 Å². The third-order valence-electron chi connectivity index (χ3n) is 3.57. The number of ether oxygens (including phenoxy) is 1. The highest BCUT2D eigenvalue weighted by molar-refractivity contribution is 6.04. The predicted octanol–water partition coefficient (Wildman–Crippen LogP) is 3.70. The summed E-state index contributed by atoms with van der Waals surface area (Å²) in [4.78, 5) is 25.1. The second-order valence-corrected chi connectivity index (χ2v) is 5.70.